The molecule has 1 N–H and O–H groups in total. The van der Waals surface area contributed by atoms with E-state index in [-0.39, 0.29) is 5.60 Å². The molecular formula is C14H25NOS. The first-order valence-corrected chi connectivity index (χ1v) is 7.35. The Kier molecular flexibility index (Phi) is 6.17. The average molecular weight is 255 g/mol. The molecule has 1 heterocycles. The van der Waals surface area contributed by atoms with Crippen molar-refractivity contribution in [2.45, 2.75) is 51.7 Å². The Bertz CT molecular complexity index is 293. The van der Waals surface area contributed by atoms with E-state index in [1.807, 2.05) is 18.4 Å². The Morgan fingerprint density at radius 1 is 1.47 bits per heavy atom. The van der Waals surface area contributed by atoms with Crippen LogP contribution in [-0.4, -0.2) is 25.3 Å². The molecule has 17 heavy (non-hydrogen) atoms. The molecule has 0 aliphatic carbocycles. The second kappa shape index (κ2) is 7.14. The minimum atomic E-state index is -0.0842. The second-order valence-corrected chi connectivity index (χ2v) is 5.69. The van der Waals surface area contributed by atoms with Crippen molar-refractivity contribution >= 4 is 11.3 Å². The highest BCUT2D eigenvalue weighted by Crippen LogP contribution is 2.24. The summed E-state index contributed by atoms with van der Waals surface area (Å²) in [5.74, 6) is 0. The number of rotatable bonds is 8. The van der Waals surface area contributed by atoms with Gasteiger partial charge in [0.2, 0.25) is 0 Å². The molecule has 98 valence electrons. The number of nitrogens with one attached hydrogen (secondary N) is 1. The van der Waals surface area contributed by atoms with E-state index in [4.69, 9.17) is 4.74 Å². The van der Waals surface area contributed by atoms with Gasteiger partial charge in [0.25, 0.3) is 0 Å². The summed E-state index contributed by atoms with van der Waals surface area (Å²) in [6.45, 7) is 7.65. The predicted octanol–water partition coefficient (Wildman–Crippen LogP) is 3.47. The van der Waals surface area contributed by atoms with Crippen molar-refractivity contribution in [3.63, 3.8) is 0 Å². The standard InChI is InChI=1S/C14H25NOS/c1-5-9-15-13(14(3,6-2)16-4)11-12-8-7-10-17-12/h7-8,10,13,15H,5-6,9,11H2,1-4H3. The molecule has 0 radical (unpaired) electrons. The summed E-state index contributed by atoms with van der Waals surface area (Å²) in [7, 11) is 1.82. The Balaban J connectivity index is 2.71. The average Bonchev–Trinajstić information content (AvgIpc) is 2.86. The van der Waals surface area contributed by atoms with Gasteiger partial charge in [0, 0.05) is 18.0 Å². The minimum absolute atomic E-state index is 0.0842. The molecule has 1 rings (SSSR count). The van der Waals surface area contributed by atoms with Gasteiger partial charge >= 0.3 is 0 Å². The first-order chi connectivity index (χ1) is 8.16. The van der Waals surface area contributed by atoms with E-state index in [1.54, 1.807) is 0 Å². The van der Waals surface area contributed by atoms with Crippen molar-refractivity contribution in [3.8, 4) is 0 Å². The molecule has 0 aliphatic rings. The lowest BCUT2D eigenvalue weighted by Crippen LogP contribution is -2.51. The molecule has 1 aromatic rings. The van der Waals surface area contributed by atoms with Gasteiger partial charge in [0.05, 0.1) is 5.60 Å². The first-order valence-electron chi connectivity index (χ1n) is 6.47. The fraction of sp³-hybridized carbons (Fsp3) is 0.714. The van der Waals surface area contributed by atoms with Crippen LogP contribution in [0.2, 0.25) is 0 Å². The summed E-state index contributed by atoms with van der Waals surface area (Å²) in [4.78, 5) is 1.43. The molecule has 0 aliphatic heterocycles. The summed E-state index contributed by atoms with van der Waals surface area (Å²) >= 11 is 1.83. The third-order valence-corrected chi connectivity index (χ3v) is 4.43. The summed E-state index contributed by atoms with van der Waals surface area (Å²) in [6, 6.07) is 4.71. The van der Waals surface area contributed by atoms with Crippen molar-refractivity contribution in [1.29, 1.82) is 0 Å². The lowest BCUT2D eigenvalue weighted by atomic mass is 9.90. The van der Waals surface area contributed by atoms with Gasteiger partial charge in [-0.25, -0.2) is 0 Å². The second-order valence-electron chi connectivity index (χ2n) is 4.66. The van der Waals surface area contributed by atoms with Gasteiger partial charge in [-0.05, 0) is 44.2 Å². The van der Waals surface area contributed by atoms with Crippen LogP contribution in [0.25, 0.3) is 0 Å². The highest BCUT2D eigenvalue weighted by atomic mass is 32.1. The molecule has 0 amide bonds. The predicted molar refractivity (Wildman–Crippen MR) is 75.8 cm³/mol. The van der Waals surface area contributed by atoms with Crippen molar-refractivity contribution in [2.24, 2.45) is 0 Å². The molecule has 2 nitrogen and oxygen atoms in total. The minimum Gasteiger partial charge on any atom is -0.377 e. The van der Waals surface area contributed by atoms with Crippen LogP contribution in [-0.2, 0) is 11.2 Å². The molecule has 2 unspecified atom stereocenters. The quantitative estimate of drug-likeness (QED) is 0.768. The van der Waals surface area contributed by atoms with Crippen LogP contribution in [0.5, 0.6) is 0 Å². The largest absolute Gasteiger partial charge is 0.377 e. The van der Waals surface area contributed by atoms with Gasteiger partial charge in [-0.15, -0.1) is 11.3 Å². The molecule has 2 atom stereocenters. The summed E-state index contributed by atoms with van der Waals surface area (Å²) in [5, 5.41) is 5.77. The molecule has 0 saturated carbocycles. The molecule has 0 aromatic carbocycles. The van der Waals surface area contributed by atoms with Crippen LogP contribution in [0.4, 0.5) is 0 Å². The van der Waals surface area contributed by atoms with E-state index in [2.05, 4.69) is 43.6 Å². The van der Waals surface area contributed by atoms with Gasteiger partial charge in [0.15, 0.2) is 0 Å². The van der Waals surface area contributed by atoms with E-state index in [0.717, 1.165) is 25.8 Å². The first kappa shape index (κ1) is 14.7. The maximum Gasteiger partial charge on any atom is 0.0803 e. The maximum atomic E-state index is 5.74. The zero-order valence-electron chi connectivity index (χ0n) is 11.5. The van der Waals surface area contributed by atoms with E-state index in [1.165, 1.54) is 4.88 Å². The zero-order chi connectivity index (χ0) is 12.7. The summed E-state index contributed by atoms with van der Waals surface area (Å²) < 4.78 is 5.74. The SMILES string of the molecule is CCCNC(Cc1cccs1)C(C)(CC)OC. The number of hydrogen-bond donors (Lipinski definition) is 1. The lowest BCUT2D eigenvalue weighted by Gasteiger charge is -2.36. The van der Waals surface area contributed by atoms with Crippen molar-refractivity contribution in [1.82, 2.24) is 5.32 Å². The summed E-state index contributed by atoms with van der Waals surface area (Å²) in [5.41, 5.74) is -0.0842. The Labute approximate surface area is 109 Å². The van der Waals surface area contributed by atoms with Crippen LogP contribution in [0.1, 0.15) is 38.5 Å². The number of ether oxygens (including phenoxy) is 1. The van der Waals surface area contributed by atoms with Crippen LogP contribution in [0, 0.1) is 0 Å². The normalized spacial score (nSPS) is 16.7. The summed E-state index contributed by atoms with van der Waals surface area (Å²) in [6.07, 6.45) is 3.23. The third-order valence-electron chi connectivity index (χ3n) is 3.53. The molecular weight excluding hydrogens is 230 g/mol. The molecule has 0 fully saturated rings. The molecule has 0 bridgehead atoms. The zero-order valence-corrected chi connectivity index (χ0v) is 12.3. The third kappa shape index (κ3) is 4.09. The van der Waals surface area contributed by atoms with Crippen molar-refractivity contribution in [2.75, 3.05) is 13.7 Å². The maximum absolute atomic E-state index is 5.74. The number of thiophene rings is 1. The van der Waals surface area contributed by atoms with Gasteiger partial charge < -0.3 is 10.1 Å². The van der Waals surface area contributed by atoms with Crippen molar-refractivity contribution in [3.05, 3.63) is 22.4 Å². The Hall–Kier alpha value is -0.380. The molecule has 3 heteroatoms. The van der Waals surface area contributed by atoms with Crippen LogP contribution >= 0.6 is 11.3 Å². The van der Waals surface area contributed by atoms with Crippen LogP contribution in [0.3, 0.4) is 0 Å². The fourth-order valence-corrected chi connectivity index (χ4v) is 2.74. The van der Waals surface area contributed by atoms with Crippen LogP contribution in [0.15, 0.2) is 17.5 Å². The van der Waals surface area contributed by atoms with Crippen molar-refractivity contribution < 1.29 is 4.74 Å². The molecule has 0 spiro atoms. The monoisotopic (exact) mass is 255 g/mol. The van der Waals surface area contributed by atoms with E-state index in [9.17, 15) is 0 Å². The highest BCUT2D eigenvalue weighted by Gasteiger charge is 2.32. The van der Waals surface area contributed by atoms with E-state index >= 15 is 0 Å². The molecule has 1 aromatic heterocycles. The lowest BCUT2D eigenvalue weighted by molar-refractivity contribution is -0.0285. The highest BCUT2D eigenvalue weighted by molar-refractivity contribution is 7.09. The van der Waals surface area contributed by atoms with Gasteiger partial charge in [-0.3, -0.25) is 0 Å². The van der Waals surface area contributed by atoms with Crippen LogP contribution < -0.4 is 5.32 Å². The number of hydrogen-bond acceptors (Lipinski definition) is 3. The smallest absolute Gasteiger partial charge is 0.0803 e. The molecule has 0 saturated heterocycles. The van der Waals surface area contributed by atoms with E-state index < -0.39 is 0 Å². The van der Waals surface area contributed by atoms with Gasteiger partial charge in [-0.2, -0.15) is 0 Å². The van der Waals surface area contributed by atoms with E-state index in [0.29, 0.717) is 6.04 Å². The Morgan fingerprint density at radius 2 is 2.24 bits per heavy atom. The Morgan fingerprint density at radius 3 is 2.71 bits per heavy atom. The van der Waals surface area contributed by atoms with Gasteiger partial charge in [0.1, 0.15) is 0 Å². The number of methoxy groups -OCH3 is 1. The van der Waals surface area contributed by atoms with Gasteiger partial charge in [-0.1, -0.05) is 19.9 Å². The fourth-order valence-electron chi connectivity index (χ4n) is 1.99. The topological polar surface area (TPSA) is 21.3 Å².